The van der Waals surface area contributed by atoms with Crippen molar-refractivity contribution in [3.8, 4) is 11.5 Å². The van der Waals surface area contributed by atoms with Crippen LogP contribution in [-0.4, -0.2) is 32.1 Å². The lowest BCUT2D eigenvalue weighted by Gasteiger charge is -2.09. The molecule has 0 unspecified atom stereocenters. The average molecular weight is 342 g/mol. The minimum Gasteiger partial charge on any atom is -0.494 e. The topological polar surface area (TPSA) is 76.7 Å². The summed E-state index contributed by atoms with van der Waals surface area (Å²) in [4.78, 5) is 23.4. The number of nitrogens with one attached hydrogen (secondary N) is 2. The fourth-order valence-corrected chi connectivity index (χ4v) is 2.05. The highest BCUT2D eigenvalue weighted by atomic mass is 16.5. The molecular formula is C19H22N2O4. The molecule has 0 bridgehead atoms. The van der Waals surface area contributed by atoms with Crippen molar-refractivity contribution in [2.24, 2.45) is 0 Å². The number of amides is 2. The highest BCUT2D eigenvalue weighted by Crippen LogP contribution is 2.18. The summed E-state index contributed by atoms with van der Waals surface area (Å²) in [6.07, 6.45) is 0.947. The van der Waals surface area contributed by atoms with Crippen LogP contribution < -0.4 is 20.1 Å². The highest BCUT2D eigenvalue weighted by molar-refractivity contribution is 5.95. The van der Waals surface area contributed by atoms with E-state index in [4.69, 9.17) is 9.47 Å². The first-order valence-electron chi connectivity index (χ1n) is 8.10. The van der Waals surface area contributed by atoms with Crippen molar-refractivity contribution in [1.29, 1.82) is 0 Å². The number of hydrogen-bond acceptors (Lipinski definition) is 4. The summed E-state index contributed by atoms with van der Waals surface area (Å²) in [5, 5.41) is 5.26. The van der Waals surface area contributed by atoms with Crippen LogP contribution in [-0.2, 0) is 4.79 Å². The minimum absolute atomic E-state index is 0.105. The van der Waals surface area contributed by atoms with E-state index in [0.29, 0.717) is 23.6 Å². The van der Waals surface area contributed by atoms with Gasteiger partial charge in [-0.2, -0.15) is 0 Å². The van der Waals surface area contributed by atoms with Gasteiger partial charge in [0.15, 0.2) is 6.61 Å². The maximum absolute atomic E-state index is 11.9. The van der Waals surface area contributed by atoms with Crippen molar-refractivity contribution in [2.75, 3.05) is 25.6 Å². The molecule has 0 saturated carbocycles. The Morgan fingerprint density at radius 1 is 0.920 bits per heavy atom. The molecule has 2 rings (SSSR count). The van der Waals surface area contributed by atoms with Gasteiger partial charge in [0.05, 0.1) is 6.61 Å². The van der Waals surface area contributed by atoms with Crippen LogP contribution in [0.5, 0.6) is 11.5 Å². The third-order valence-corrected chi connectivity index (χ3v) is 3.32. The van der Waals surface area contributed by atoms with Crippen LogP contribution in [0.3, 0.4) is 0 Å². The molecule has 2 N–H and O–H groups in total. The molecule has 0 aromatic heterocycles. The summed E-state index contributed by atoms with van der Waals surface area (Å²) in [7, 11) is 1.57. The molecule has 0 atom stereocenters. The lowest BCUT2D eigenvalue weighted by molar-refractivity contribution is -0.118. The molecule has 0 saturated heterocycles. The normalized spacial score (nSPS) is 10.0. The Bertz CT molecular complexity index is 696. The lowest BCUT2D eigenvalue weighted by atomic mass is 10.2. The van der Waals surface area contributed by atoms with Crippen LogP contribution in [0.15, 0.2) is 48.5 Å². The fraction of sp³-hybridized carbons (Fsp3) is 0.263. The Morgan fingerprint density at radius 2 is 1.52 bits per heavy atom. The molecule has 6 heteroatoms. The zero-order chi connectivity index (χ0) is 18.1. The van der Waals surface area contributed by atoms with E-state index in [1.54, 1.807) is 55.6 Å². The third kappa shape index (κ3) is 5.84. The number of hydrogen-bond donors (Lipinski definition) is 2. The summed E-state index contributed by atoms with van der Waals surface area (Å²) < 4.78 is 10.9. The predicted octanol–water partition coefficient (Wildman–Crippen LogP) is 2.85. The molecule has 25 heavy (non-hydrogen) atoms. The summed E-state index contributed by atoms with van der Waals surface area (Å²) in [6.45, 7) is 2.61. The van der Waals surface area contributed by atoms with Crippen LogP contribution in [0, 0.1) is 0 Å². The van der Waals surface area contributed by atoms with Crippen molar-refractivity contribution in [3.63, 3.8) is 0 Å². The summed E-state index contributed by atoms with van der Waals surface area (Å²) in [5.41, 5.74) is 1.13. The van der Waals surface area contributed by atoms with E-state index in [-0.39, 0.29) is 18.4 Å². The van der Waals surface area contributed by atoms with Gasteiger partial charge in [0.25, 0.3) is 11.8 Å². The average Bonchev–Trinajstić information content (AvgIpc) is 2.65. The first-order valence-corrected chi connectivity index (χ1v) is 8.10. The largest absolute Gasteiger partial charge is 0.494 e. The Hall–Kier alpha value is -3.02. The fourth-order valence-electron chi connectivity index (χ4n) is 2.05. The maximum atomic E-state index is 11.9. The zero-order valence-electron chi connectivity index (χ0n) is 14.4. The molecule has 2 aromatic carbocycles. The van der Waals surface area contributed by atoms with Crippen molar-refractivity contribution in [1.82, 2.24) is 5.32 Å². The van der Waals surface area contributed by atoms with Crippen molar-refractivity contribution >= 4 is 17.5 Å². The summed E-state index contributed by atoms with van der Waals surface area (Å²) >= 11 is 0. The van der Waals surface area contributed by atoms with E-state index in [1.165, 1.54) is 0 Å². The molecule has 0 heterocycles. The standard InChI is InChI=1S/C19H22N2O4/c1-3-12-24-16-8-10-17(11-9-16)25-13-18(22)21-15-6-4-14(5-7-15)19(23)20-2/h4-11H,3,12-13H2,1-2H3,(H,20,23)(H,21,22). The molecule has 0 radical (unpaired) electrons. The van der Waals surface area contributed by atoms with E-state index in [1.807, 2.05) is 6.92 Å². The van der Waals surface area contributed by atoms with Gasteiger partial charge in [-0.25, -0.2) is 0 Å². The van der Waals surface area contributed by atoms with Crippen LogP contribution in [0.4, 0.5) is 5.69 Å². The number of benzene rings is 2. The Labute approximate surface area is 147 Å². The van der Waals surface area contributed by atoms with Gasteiger partial charge in [0, 0.05) is 18.3 Å². The summed E-state index contributed by atoms with van der Waals surface area (Å²) in [5.74, 6) is 0.912. The highest BCUT2D eigenvalue weighted by Gasteiger charge is 2.06. The second-order valence-corrected chi connectivity index (χ2v) is 5.31. The van der Waals surface area contributed by atoms with Gasteiger partial charge < -0.3 is 20.1 Å². The number of carbonyl (C=O) groups excluding carboxylic acids is 2. The van der Waals surface area contributed by atoms with E-state index >= 15 is 0 Å². The zero-order valence-corrected chi connectivity index (χ0v) is 14.4. The second-order valence-electron chi connectivity index (χ2n) is 5.31. The Kier molecular flexibility index (Phi) is 6.83. The van der Waals surface area contributed by atoms with Crippen molar-refractivity contribution in [3.05, 3.63) is 54.1 Å². The molecule has 0 spiro atoms. The molecular weight excluding hydrogens is 320 g/mol. The van der Waals surface area contributed by atoms with Crippen LogP contribution in [0.2, 0.25) is 0 Å². The van der Waals surface area contributed by atoms with Gasteiger partial charge >= 0.3 is 0 Å². The first-order chi connectivity index (χ1) is 12.1. The van der Waals surface area contributed by atoms with E-state index in [9.17, 15) is 9.59 Å². The quantitative estimate of drug-likeness (QED) is 0.773. The molecule has 0 aliphatic heterocycles. The third-order valence-electron chi connectivity index (χ3n) is 3.32. The minimum atomic E-state index is -0.279. The van der Waals surface area contributed by atoms with E-state index in [0.717, 1.165) is 12.2 Å². The van der Waals surface area contributed by atoms with E-state index in [2.05, 4.69) is 10.6 Å². The number of ether oxygens (including phenoxy) is 2. The van der Waals surface area contributed by atoms with Gasteiger partial charge in [-0.05, 0) is 55.0 Å². The van der Waals surface area contributed by atoms with Gasteiger partial charge in [0.2, 0.25) is 0 Å². The van der Waals surface area contributed by atoms with Gasteiger partial charge in [-0.1, -0.05) is 6.92 Å². The summed E-state index contributed by atoms with van der Waals surface area (Å²) in [6, 6.07) is 13.8. The van der Waals surface area contributed by atoms with Crippen LogP contribution in [0.1, 0.15) is 23.7 Å². The number of anilines is 1. The van der Waals surface area contributed by atoms with Crippen molar-refractivity contribution in [2.45, 2.75) is 13.3 Å². The molecule has 2 amide bonds. The van der Waals surface area contributed by atoms with Gasteiger partial charge in [0.1, 0.15) is 11.5 Å². The molecule has 2 aromatic rings. The molecule has 132 valence electrons. The van der Waals surface area contributed by atoms with Crippen molar-refractivity contribution < 1.29 is 19.1 Å². The molecule has 0 fully saturated rings. The number of carbonyl (C=O) groups is 2. The molecule has 0 aliphatic carbocycles. The van der Waals surface area contributed by atoms with Crippen LogP contribution in [0.25, 0.3) is 0 Å². The molecule has 6 nitrogen and oxygen atoms in total. The van der Waals surface area contributed by atoms with Gasteiger partial charge in [-0.15, -0.1) is 0 Å². The Balaban J connectivity index is 1.81. The van der Waals surface area contributed by atoms with Gasteiger partial charge in [-0.3, -0.25) is 9.59 Å². The predicted molar refractivity (Wildman–Crippen MR) is 96.2 cm³/mol. The second kappa shape index (κ2) is 9.32. The Morgan fingerprint density at radius 3 is 2.08 bits per heavy atom. The first kappa shape index (κ1) is 18.3. The number of rotatable bonds is 8. The molecule has 0 aliphatic rings. The smallest absolute Gasteiger partial charge is 0.262 e. The maximum Gasteiger partial charge on any atom is 0.262 e. The SMILES string of the molecule is CCCOc1ccc(OCC(=O)Nc2ccc(C(=O)NC)cc2)cc1. The lowest BCUT2D eigenvalue weighted by Crippen LogP contribution is -2.20. The van der Waals surface area contributed by atoms with Crippen LogP contribution >= 0.6 is 0 Å². The monoisotopic (exact) mass is 342 g/mol. The van der Waals surface area contributed by atoms with E-state index < -0.39 is 0 Å².